The van der Waals surface area contributed by atoms with E-state index in [1.54, 1.807) is 0 Å². The molecular weight excluding hydrogens is 691 g/mol. The summed E-state index contributed by atoms with van der Waals surface area (Å²) in [6.07, 6.45) is -14.4. The maximum Gasteiger partial charge on any atom is 0.474 e. The number of phenolic OH excluding ortho intramolecular Hbond substituents is 3. The van der Waals surface area contributed by atoms with Crippen molar-refractivity contribution in [3.8, 4) is 40.2 Å². The third kappa shape index (κ3) is 6.78. The van der Waals surface area contributed by atoms with Gasteiger partial charge in [0.2, 0.25) is 5.78 Å². The Labute approximate surface area is 282 Å². The van der Waals surface area contributed by atoms with Crippen LogP contribution >= 0.6 is 7.82 Å². The number of phosphoric acid groups is 1. The molecule has 19 heteroatoms. The average molecular weight is 725 g/mol. The lowest BCUT2D eigenvalue weighted by Gasteiger charge is -2.39. The first kappa shape index (κ1) is 35.6. The zero-order chi connectivity index (χ0) is 36.1. The fourth-order valence-corrected chi connectivity index (χ4v) is 6.59. The molecule has 18 nitrogen and oxygen atoms in total. The number of ketones is 1. The van der Waals surface area contributed by atoms with Crippen LogP contribution in [0.3, 0.4) is 0 Å². The van der Waals surface area contributed by atoms with Crippen LogP contribution in [0.4, 0.5) is 0 Å². The highest BCUT2D eigenvalue weighted by Gasteiger charge is 2.47. The van der Waals surface area contributed by atoms with Gasteiger partial charge in [-0.2, -0.15) is 0 Å². The fourth-order valence-electron chi connectivity index (χ4n) is 5.75. The molecule has 0 amide bonds. The number of hydrogen-bond acceptors (Lipinski definition) is 17. The molecule has 3 aliphatic rings. The highest BCUT2D eigenvalue weighted by molar-refractivity contribution is 7.47. The van der Waals surface area contributed by atoms with Gasteiger partial charge in [0.15, 0.2) is 53.7 Å². The van der Waals surface area contributed by atoms with Crippen LogP contribution < -0.4 is 18.9 Å². The monoisotopic (exact) mass is 724 g/mol. The second-order valence-electron chi connectivity index (χ2n) is 11.6. The molecule has 3 aromatic carbocycles. The quantitative estimate of drug-likeness (QED) is 0.134. The summed E-state index contributed by atoms with van der Waals surface area (Å²) < 4.78 is 51.5. The van der Waals surface area contributed by atoms with Crippen LogP contribution in [-0.2, 0) is 18.3 Å². The average Bonchev–Trinajstić information content (AvgIpc) is 3.08. The number of phosphoric ester groups is 1. The molecule has 3 heterocycles. The molecule has 1 saturated heterocycles. The molecule has 0 radical (unpaired) electrons. The Hall–Kier alpha value is -4.20. The summed E-state index contributed by atoms with van der Waals surface area (Å²) in [4.78, 5) is 23.5. The Morgan fingerprint density at radius 3 is 2.20 bits per heavy atom. The van der Waals surface area contributed by atoms with Crippen molar-refractivity contribution in [3.63, 3.8) is 0 Å². The number of Topliss-reactive ketones (excluding diaryl/α,β-unsaturated/α-hetero) is 1. The Balaban J connectivity index is 1.26. The maximum absolute atomic E-state index is 13.0. The van der Waals surface area contributed by atoms with Gasteiger partial charge in [0.1, 0.15) is 47.2 Å². The molecule has 50 heavy (non-hydrogen) atoms. The first-order chi connectivity index (χ1) is 23.7. The highest BCUT2D eigenvalue weighted by atomic mass is 31.2. The second kappa shape index (κ2) is 13.8. The lowest BCUT2D eigenvalue weighted by atomic mass is 9.92. The Bertz CT molecular complexity index is 1800. The van der Waals surface area contributed by atoms with E-state index in [0.29, 0.717) is 5.56 Å². The van der Waals surface area contributed by atoms with Crippen molar-refractivity contribution in [2.75, 3.05) is 20.3 Å². The van der Waals surface area contributed by atoms with Crippen LogP contribution in [0.25, 0.3) is 0 Å². The standard InChI is InChI=1S/C31H33O18P/c1-43-18-6-12(2-4-15(18)34)29-22(11-44-50(41,42)49-31-28(40)26(38)24(36)21(10-32)48-31)45-17-5-3-13(7-19(17)46-29)30-27(39)25(37)23-16(35)8-14(33)9-20(23)47-30/h2-9,21-22,24,26-36,38-40H,10-11H2,1H3,(H,41,42)/t21-,22+,24-,26+,27+,28+,29-,30-,31?/m1/s1. The van der Waals surface area contributed by atoms with Crippen LogP contribution in [0.15, 0.2) is 48.5 Å². The number of phenols is 3. The SMILES string of the molecule is COc1cc([C@H]2Oc3cc([C@H]4Oc5cc(O)cc(O)c5C(=O)[C@@H]4O)ccc3O[C@H]2COP(=O)(O)OC2O[C@H](CO)[C@@H](O)[C@H](O)[C@@H]2O)ccc1O. The van der Waals surface area contributed by atoms with E-state index in [-0.39, 0.29) is 45.6 Å². The van der Waals surface area contributed by atoms with Gasteiger partial charge in [0.25, 0.3) is 0 Å². The molecule has 1 fully saturated rings. The van der Waals surface area contributed by atoms with Crippen molar-refractivity contribution >= 4 is 13.6 Å². The molecule has 0 aliphatic carbocycles. The number of benzene rings is 3. The minimum atomic E-state index is -5.12. The maximum atomic E-state index is 13.0. The number of aromatic hydroxyl groups is 3. The summed E-state index contributed by atoms with van der Waals surface area (Å²) in [6, 6.07) is 10.5. The lowest BCUT2D eigenvalue weighted by molar-refractivity contribution is -0.281. The first-order valence-corrected chi connectivity index (χ1v) is 16.5. The van der Waals surface area contributed by atoms with Gasteiger partial charge in [-0.25, -0.2) is 4.57 Å². The van der Waals surface area contributed by atoms with Gasteiger partial charge in [0, 0.05) is 17.7 Å². The van der Waals surface area contributed by atoms with E-state index in [1.165, 1.54) is 43.5 Å². The van der Waals surface area contributed by atoms with Crippen LogP contribution in [0.1, 0.15) is 33.7 Å². The number of ether oxygens (including phenoxy) is 5. The number of aliphatic hydroxyl groups is 5. The predicted octanol–water partition coefficient (Wildman–Crippen LogP) is 0.304. The van der Waals surface area contributed by atoms with E-state index in [9.17, 15) is 55.1 Å². The van der Waals surface area contributed by atoms with Gasteiger partial charge in [-0.05, 0) is 29.8 Å². The molecule has 6 rings (SSSR count). The molecule has 0 spiro atoms. The number of rotatable bonds is 9. The number of carbonyl (C=O) groups is 1. The van der Waals surface area contributed by atoms with E-state index in [4.69, 9.17) is 32.7 Å². The zero-order valence-electron chi connectivity index (χ0n) is 25.9. The van der Waals surface area contributed by atoms with E-state index >= 15 is 0 Å². The Kier molecular flexibility index (Phi) is 9.86. The lowest BCUT2D eigenvalue weighted by Crippen LogP contribution is -2.58. The van der Waals surface area contributed by atoms with Crippen molar-refractivity contribution in [1.29, 1.82) is 0 Å². The fraction of sp³-hybridized carbons (Fsp3) is 0.387. The number of hydrogen-bond donors (Lipinski definition) is 9. The van der Waals surface area contributed by atoms with Gasteiger partial charge in [-0.3, -0.25) is 13.8 Å². The van der Waals surface area contributed by atoms with Crippen molar-refractivity contribution in [3.05, 3.63) is 65.2 Å². The molecule has 3 aromatic rings. The topological polar surface area (TPSA) is 281 Å². The molecular formula is C31H33O18P. The summed E-state index contributed by atoms with van der Waals surface area (Å²) in [5.74, 6) is -1.98. The Morgan fingerprint density at radius 2 is 1.48 bits per heavy atom. The molecule has 9 N–H and O–H groups in total. The van der Waals surface area contributed by atoms with Gasteiger partial charge in [0.05, 0.1) is 20.3 Å². The van der Waals surface area contributed by atoms with Crippen molar-refractivity contribution in [2.24, 2.45) is 0 Å². The largest absolute Gasteiger partial charge is 0.508 e. The van der Waals surface area contributed by atoms with Gasteiger partial charge < -0.3 is 69.4 Å². The normalized spacial score (nSPS) is 30.1. The summed E-state index contributed by atoms with van der Waals surface area (Å²) in [5, 5.41) is 80.7. The molecule has 10 atom stereocenters. The van der Waals surface area contributed by atoms with E-state index < -0.39 is 87.7 Å². The molecule has 0 saturated carbocycles. The summed E-state index contributed by atoms with van der Waals surface area (Å²) in [6.45, 7) is -1.51. The van der Waals surface area contributed by atoms with Crippen LogP contribution in [0.2, 0.25) is 0 Å². The number of methoxy groups -OCH3 is 1. The van der Waals surface area contributed by atoms with Gasteiger partial charge in [-0.1, -0.05) is 12.1 Å². The predicted molar refractivity (Wildman–Crippen MR) is 163 cm³/mol. The van der Waals surface area contributed by atoms with E-state index in [1.807, 2.05) is 0 Å². The number of fused-ring (bicyclic) bond motifs is 2. The Morgan fingerprint density at radius 1 is 0.780 bits per heavy atom. The third-order valence-corrected chi connectivity index (χ3v) is 9.26. The highest BCUT2D eigenvalue weighted by Crippen LogP contribution is 2.50. The minimum absolute atomic E-state index is 0.0477. The van der Waals surface area contributed by atoms with Crippen LogP contribution in [-0.4, -0.2) is 115 Å². The molecule has 2 unspecified atom stereocenters. The van der Waals surface area contributed by atoms with E-state index in [2.05, 4.69) is 0 Å². The van der Waals surface area contributed by atoms with Crippen molar-refractivity contribution in [1.82, 2.24) is 0 Å². The summed E-state index contributed by atoms with van der Waals surface area (Å²) in [5.41, 5.74) is 0.257. The minimum Gasteiger partial charge on any atom is -0.508 e. The number of carbonyl (C=O) groups excluding carboxylic acids is 1. The van der Waals surface area contributed by atoms with Crippen LogP contribution in [0, 0.1) is 0 Å². The van der Waals surface area contributed by atoms with Gasteiger partial charge in [-0.15, -0.1) is 0 Å². The first-order valence-electron chi connectivity index (χ1n) is 15.0. The summed E-state index contributed by atoms with van der Waals surface area (Å²) >= 11 is 0. The molecule has 0 aromatic heterocycles. The smallest absolute Gasteiger partial charge is 0.474 e. The third-order valence-electron chi connectivity index (χ3n) is 8.31. The van der Waals surface area contributed by atoms with Gasteiger partial charge >= 0.3 is 7.82 Å². The number of aliphatic hydroxyl groups excluding tert-OH is 5. The molecule has 3 aliphatic heterocycles. The molecule has 270 valence electrons. The van der Waals surface area contributed by atoms with E-state index in [0.717, 1.165) is 12.1 Å². The molecule has 0 bridgehead atoms. The van der Waals surface area contributed by atoms with Crippen molar-refractivity contribution < 1.29 is 87.8 Å². The second-order valence-corrected chi connectivity index (χ2v) is 13.0. The zero-order valence-corrected chi connectivity index (χ0v) is 26.8. The van der Waals surface area contributed by atoms with Crippen molar-refractivity contribution in [2.45, 2.75) is 55.1 Å². The summed E-state index contributed by atoms with van der Waals surface area (Å²) in [7, 11) is -3.81. The van der Waals surface area contributed by atoms with Crippen LogP contribution in [0.5, 0.6) is 40.2 Å².